The highest BCUT2D eigenvalue weighted by Crippen LogP contribution is 2.32. The normalized spacial score (nSPS) is 11.6. The van der Waals surface area contributed by atoms with Gasteiger partial charge in [-0.2, -0.15) is 0 Å². The van der Waals surface area contributed by atoms with E-state index < -0.39 is 9.84 Å². The van der Waals surface area contributed by atoms with Gasteiger partial charge in [0, 0.05) is 11.8 Å². The van der Waals surface area contributed by atoms with Gasteiger partial charge in [0.2, 0.25) is 0 Å². The van der Waals surface area contributed by atoms with E-state index in [1.807, 2.05) is 0 Å². The zero-order valence-electron chi connectivity index (χ0n) is 8.48. The Labute approximate surface area is 98.6 Å². The van der Waals surface area contributed by atoms with Crippen LogP contribution in [0.3, 0.4) is 0 Å². The second-order valence-corrected chi connectivity index (χ2v) is 5.73. The van der Waals surface area contributed by atoms with Crippen LogP contribution in [0.2, 0.25) is 5.02 Å². The highest BCUT2D eigenvalue weighted by Gasteiger charge is 2.19. The molecule has 5 heteroatoms. The van der Waals surface area contributed by atoms with Gasteiger partial charge in [-0.1, -0.05) is 17.7 Å². The summed E-state index contributed by atoms with van der Waals surface area (Å²) in [5, 5.41) is 0.205. The molecule has 2 rings (SSSR count). The van der Waals surface area contributed by atoms with Crippen molar-refractivity contribution < 1.29 is 12.8 Å². The van der Waals surface area contributed by atoms with Crippen molar-refractivity contribution in [1.29, 1.82) is 0 Å². The van der Waals surface area contributed by atoms with Crippen LogP contribution < -0.4 is 0 Å². The van der Waals surface area contributed by atoms with Gasteiger partial charge >= 0.3 is 0 Å². The largest absolute Gasteiger partial charge is 0.464 e. The van der Waals surface area contributed by atoms with E-state index in [0.29, 0.717) is 11.3 Å². The third kappa shape index (κ3) is 1.99. The van der Waals surface area contributed by atoms with Crippen LogP contribution in [0.1, 0.15) is 0 Å². The molecule has 0 N–H and O–H groups in total. The number of rotatable bonds is 2. The highest BCUT2D eigenvalue weighted by atomic mass is 35.5. The quantitative estimate of drug-likeness (QED) is 0.830. The van der Waals surface area contributed by atoms with Crippen LogP contribution in [-0.4, -0.2) is 14.7 Å². The number of furan rings is 1. The van der Waals surface area contributed by atoms with Crippen LogP contribution in [0.5, 0.6) is 0 Å². The fraction of sp³-hybridized carbons (Fsp3) is 0.0909. The lowest BCUT2D eigenvalue weighted by atomic mass is 10.2. The van der Waals surface area contributed by atoms with Crippen LogP contribution in [0.25, 0.3) is 11.3 Å². The van der Waals surface area contributed by atoms with Crippen LogP contribution in [0, 0.1) is 0 Å². The predicted molar refractivity (Wildman–Crippen MR) is 62.3 cm³/mol. The van der Waals surface area contributed by atoms with E-state index in [1.54, 1.807) is 30.3 Å². The number of halogens is 1. The van der Waals surface area contributed by atoms with Crippen molar-refractivity contribution in [2.75, 3.05) is 6.26 Å². The van der Waals surface area contributed by atoms with Gasteiger partial charge in [-0.05, 0) is 24.3 Å². The molecule has 0 unspecified atom stereocenters. The molecule has 16 heavy (non-hydrogen) atoms. The maximum Gasteiger partial charge on any atom is 0.177 e. The zero-order chi connectivity index (χ0) is 11.8. The first kappa shape index (κ1) is 11.2. The fourth-order valence-electron chi connectivity index (χ4n) is 1.51. The minimum Gasteiger partial charge on any atom is -0.464 e. The van der Waals surface area contributed by atoms with E-state index in [2.05, 4.69) is 0 Å². The lowest BCUT2D eigenvalue weighted by molar-refractivity contribution is 0.578. The van der Waals surface area contributed by atoms with Crippen molar-refractivity contribution >= 4 is 21.4 Å². The first-order chi connectivity index (χ1) is 7.50. The Bertz CT molecular complexity index is 600. The van der Waals surface area contributed by atoms with Crippen LogP contribution in [0.15, 0.2) is 45.9 Å². The molecule has 1 heterocycles. The molecular weight excluding hydrogens is 248 g/mol. The second-order valence-electron chi connectivity index (χ2n) is 3.37. The molecule has 0 aliphatic heterocycles. The van der Waals surface area contributed by atoms with E-state index >= 15 is 0 Å². The molecule has 0 fully saturated rings. The van der Waals surface area contributed by atoms with Gasteiger partial charge in [0.15, 0.2) is 9.84 Å². The minimum absolute atomic E-state index is 0.103. The second kappa shape index (κ2) is 3.96. The summed E-state index contributed by atoms with van der Waals surface area (Å²) in [7, 11) is -3.38. The molecule has 1 aromatic heterocycles. The SMILES string of the molecule is CS(=O)(=O)c1c(Cl)cccc1-c1ccco1. The van der Waals surface area contributed by atoms with Crippen molar-refractivity contribution in [3.63, 3.8) is 0 Å². The van der Waals surface area contributed by atoms with Gasteiger partial charge in [-0.15, -0.1) is 0 Å². The van der Waals surface area contributed by atoms with Gasteiger partial charge in [0.25, 0.3) is 0 Å². The predicted octanol–water partition coefficient (Wildman–Crippen LogP) is 3.00. The maximum absolute atomic E-state index is 11.6. The summed E-state index contributed by atoms with van der Waals surface area (Å²) in [6.45, 7) is 0. The summed E-state index contributed by atoms with van der Waals surface area (Å²) in [5.74, 6) is 0.489. The molecular formula is C11H9ClO3S. The standard InChI is InChI=1S/C11H9ClO3S/c1-16(13,14)11-8(4-2-5-9(11)12)10-6-3-7-15-10/h2-7H,1H3. The summed E-state index contributed by atoms with van der Waals surface area (Å²) < 4.78 is 28.5. The first-order valence-electron chi connectivity index (χ1n) is 4.52. The summed E-state index contributed by atoms with van der Waals surface area (Å²) in [4.78, 5) is 0.103. The Hall–Kier alpha value is -1.26. The topological polar surface area (TPSA) is 47.3 Å². The molecule has 0 aliphatic carbocycles. The number of benzene rings is 1. The highest BCUT2D eigenvalue weighted by molar-refractivity contribution is 7.91. The number of hydrogen-bond acceptors (Lipinski definition) is 3. The van der Waals surface area contributed by atoms with Gasteiger partial charge < -0.3 is 4.42 Å². The molecule has 3 nitrogen and oxygen atoms in total. The molecule has 1 aromatic carbocycles. The lowest BCUT2D eigenvalue weighted by Gasteiger charge is -2.07. The van der Waals surface area contributed by atoms with Gasteiger partial charge in [0.05, 0.1) is 16.2 Å². The van der Waals surface area contributed by atoms with Crippen molar-refractivity contribution in [1.82, 2.24) is 0 Å². The van der Waals surface area contributed by atoms with E-state index in [1.165, 1.54) is 6.26 Å². The summed E-state index contributed by atoms with van der Waals surface area (Å²) >= 11 is 5.91. The smallest absolute Gasteiger partial charge is 0.177 e. The molecule has 0 amide bonds. The molecule has 0 saturated heterocycles. The van der Waals surface area contributed by atoms with E-state index in [0.717, 1.165) is 6.26 Å². The summed E-state index contributed by atoms with van der Waals surface area (Å²) in [5.41, 5.74) is 0.486. The third-order valence-corrected chi connectivity index (χ3v) is 3.73. The average molecular weight is 257 g/mol. The summed E-state index contributed by atoms with van der Waals surface area (Å²) in [6.07, 6.45) is 2.61. The van der Waals surface area contributed by atoms with E-state index in [4.69, 9.17) is 16.0 Å². The van der Waals surface area contributed by atoms with Crippen molar-refractivity contribution in [2.24, 2.45) is 0 Å². The van der Waals surface area contributed by atoms with Gasteiger partial charge in [0.1, 0.15) is 5.76 Å². The lowest BCUT2D eigenvalue weighted by Crippen LogP contribution is -2.00. The van der Waals surface area contributed by atoms with Crippen LogP contribution >= 0.6 is 11.6 Å². The minimum atomic E-state index is -3.38. The molecule has 0 atom stereocenters. The molecule has 2 aromatic rings. The monoisotopic (exact) mass is 256 g/mol. The third-order valence-electron chi connectivity index (χ3n) is 2.12. The van der Waals surface area contributed by atoms with Crippen molar-refractivity contribution in [3.8, 4) is 11.3 Å². The molecule has 0 aliphatic rings. The fourth-order valence-corrected chi connectivity index (χ4v) is 3.10. The Morgan fingerprint density at radius 3 is 2.50 bits per heavy atom. The van der Waals surface area contributed by atoms with E-state index in [9.17, 15) is 8.42 Å². The van der Waals surface area contributed by atoms with Crippen molar-refractivity contribution in [3.05, 3.63) is 41.6 Å². The number of hydrogen-bond donors (Lipinski definition) is 0. The number of sulfone groups is 1. The summed E-state index contributed by atoms with van der Waals surface area (Å²) in [6, 6.07) is 8.29. The van der Waals surface area contributed by atoms with Crippen LogP contribution in [0.4, 0.5) is 0 Å². The van der Waals surface area contributed by atoms with Gasteiger partial charge in [-0.3, -0.25) is 0 Å². The molecule has 0 saturated carbocycles. The molecule has 0 bridgehead atoms. The molecule has 84 valence electrons. The molecule has 0 spiro atoms. The van der Waals surface area contributed by atoms with Gasteiger partial charge in [-0.25, -0.2) is 8.42 Å². The van der Waals surface area contributed by atoms with Crippen molar-refractivity contribution in [2.45, 2.75) is 4.90 Å². The maximum atomic E-state index is 11.6. The molecule has 0 radical (unpaired) electrons. The van der Waals surface area contributed by atoms with Crippen LogP contribution in [-0.2, 0) is 9.84 Å². The Morgan fingerprint density at radius 1 is 1.19 bits per heavy atom. The Morgan fingerprint density at radius 2 is 1.94 bits per heavy atom. The average Bonchev–Trinajstić information content (AvgIpc) is 2.67. The zero-order valence-corrected chi connectivity index (χ0v) is 10.0. The Balaban J connectivity index is 2.77. The Kier molecular flexibility index (Phi) is 2.78. The van der Waals surface area contributed by atoms with E-state index in [-0.39, 0.29) is 9.92 Å². The first-order valence-corrected chi connectivity index (χ1v) is 6.79.